The molecule has 1 fully saturated rings. The SMILES string of the molecule is Cc1ccc2c(N)c(C(=O)N[C@H]3CCc4nc(N5CC(C(F)(F)F)[C@@H](N)C5)ccc4C3)sc2n1. The quantitative estimate of drug-likeness (QED) is 0.520. The molecule has 0 bridgehead atoms. The normalized spacial score (nSPS) is 22.7. The topological polar surface area (TPSA) is 110 Å². The molecule has 7 nitrogen and oxygen atoms in total. The molecule has 3 aromatic heterocycles. The van der Waals surface area contributed by atoms with E-state index < -0.39 is 18.1 Å². The molecular weight excluding hydrogens is 465 g/mol. The van der Waals surface area contributed by atoms with Crippen molar-refractivity contribution in [1.82, 2.24) is 15.3 Å². The van der Waals surface area contributed by atoms with Crippen LogP contribution in [0.2, 0.25) is 0 Å². The van der Waals surface area contributed by atoms with Crippen LogP contribution in [0.1, 0.15) is 33.0 Å². The first-order valence-corrected chi connectivity index (χ1v) is 11.9. The summed E-state index contributed by atoms with van der Waals surface area (Å²) in [5.41, 5.74) is 15.1. The fourth-order valence-corrected chi connectivity index (χ4v) is 5.81. The minimum atomic E-state index is -4.32. The Labute approximate surface area is 198 Å². The van der Waals surface area contributed by atoms with Crippen molar-refractivity contribution in [1.29, 1.82) is 0 Å². The highest BCUT2D eigenvalue weighted by molar-refractivity contribution is 7.21. The van der Waals surface area contributed by atoms with E-state index in [0.29, 0.717) is 35.6 Å². The lowest BCUT2D eigenvalue weighted by Crippen LogP contribution is -2.39. The summed E-state index contributed by atoms with van der Waals surface area (Å²) in [6, 6.07) is 6.34. The van der Waals surface area contributed by atoms with Crippen LogP contribution in [0.25, 0.3) is 10.2 Å². The van der Waals surface area contributed by atoms with Gasteiger partial charge in [0.1, 0.15) is 15.5 Å². The number of anilines is 2. The van der Waals surface area contributed by atoms with Crippen LogP contribution in [0.15, 0.2) is 24.3 Å². The van der Waals surface area contributed by atoms with Crippen molar-refractivity contribution < 1.29 is 18.0 Å². The second-order valence-corrected chi connectivity index (χ2v) is 10.1. The van der Waals surface area contributed by atoms with Gasteiger partial charge in [-0.15, -0.1) is 11.3 Å². The Morgan fingerprint density at radius 3 is 2.74 bits per heavy atom. The molecule has 1 amide bonds. The van der Waals surface area contributed by atoms with Gasteiger partial charge >= 0.3 is 6.18 Å². The molecule has 5 rings (SSSR count). The molecule has 3 aromatic rings. The summed E-state index contributed by atoms with van der Waals surface area (Å²) in [5, 5.41) is 3.85. The zero-order valence-corrected chi connectivity index (χ0v) is 19.3. The Hall–Kier alpha value is -2.92. The number of aryl methyl sites for hydroxylation is 2. The first-order valence-electron chi connectivity index (χ1n) is 11.1. The van der Waals surface area contributed by atoms with E-state index in [9.17, 15) is 18.0 Å². The molecule has 2 aliphatic rings. The molecule has 1 aliphatic carbocycles. The molecule has 4 heterocycles. The second kappa shape index (κ2) is 8.38. The van der Waals surface area contributed by atoms with Crippen LogP contribution >= 0.6 is 11.3 Å². The third-order valence-corrected chi connectivity index (χ3v) is 7.75. The fourth-order valence-electron chi connectivity index (χ4n) is 4.77. The lowest BCUT2D eigenvalue weighted by atomic mass is 9.91. The summed E-state index contributed by atoms with van der Waals surface area (Å²) >= 11 is 1.28. The summed E-state index contributed by atoms with van der Waals surface area (Å²) in [7, 11) is 0. The van der Waals surface area contributed by atoms with E-state index in [2.05, 4.69) is 15.3 Å². The number of hydrogen-bond acceptors (Lipinski definition) is 7. The van der Waals surface area contributed by atoms with Crippen molar-refractivity contribution in [3.8, 4) is 0 Å². The number of pyridine rings is 2. The Morgan fingerprint density at radius 2 is 2.00 bits per heavy atom. The van der Waals surface area contributed by atoms with Gasteiger partial charge in [-0.1, -0.05) is 6.07 Å². The third kappa shape index (κ3) is 4.18. The molecule has 5 N–H and O–H groups in total. The smallest absolute Gasteiger partial charge is 0.395 e. The molecule has 0 saturated carbocycles. The van der Waals surface area contributed by atoms with E-state index in [1.807, 2.05) is 25.1 Å². The predicted octanol–water partition coefficient (Wildman–Crippen LogP) is 3.20. The molecule has 1 saturated heterocycles. The van der Waals surface area contributed by atoms with Crippen LogP contribution in [-0.2, 0) is 12.8 Å². The van der Waals surface area contributed by atoms with E-state index in [4.69, 9.17) is 11.5 Å². The lowest BCUT2D eigenvalue weighted by Gasteiger charge is -2.26. The number of amides is 1. The van der Waals surface area contributed by atoms with Crippen LogP contribution in [0.5, 0.6) is 0 Å². The summed E-state index contributed by atoms with van der Waals surface area (Å²) in [5.74, 6) is -1.25. The van der Waals surface area contributed by atoms with Crippen LogP contribution in [0.4, 0.5) is 24.7 Å². The number of aromatic nitrogens is 2. The number of alkyl halides is 3. The Bertz CT molecular complexity index is 1260. The fraction of sp³-hybridized carbons (Fsp3) is 0.435. The number of carbonyl (C=O) groups is 1. The molecule has 0 spiro atoms. The number of fused-ring (bicyclic) bond motifs is 2. The van der Waals surface area contributed by atoms with E-state index in [0.717, 1.165) is 27.2 Å². The average molecular weight is 491 g/mol. The minimum Gasteiger partial charge on any atom is -0.397 e. The van der Waals surface area contributed by atoms with Gasteiger partial charge in [0.05, 0.1) is 11.6 Å². The van der Waals surface area contributed by atoms with Gasteiger partial charge in [0.15, 0.2) is 0 Å². The van der Waals surface area contributed by atoms with Gasteiger partial charge < -0.3 is 21.7 Å². The first-order chi connectivity index (χ1) is 16.1. The third-order valence-electron chi connectivity index (χ3n) is 6.63. The minimum absolute atomic E-state index is 0.0817. The predicted molar refractivity (Wildman–Crippen MR) is 126 cm³/mol. The Morgan fingerprint density at radius 1 is 1.21 bits per heavy atom. The number of rotatable bonds is 3. The molecule has 3 atom stereocenters. The van der Waals surface area contributed by atoms with Crippen molar-refractivity contribution in [3.63, 3.8) is 0 Å². The zero-order chi connectivity index (χ0) is 24.2. The monoisotopic (exact) mass is 490 g/mol. The first kappa shape index (κ1) is 22.9. The number of nitrogens with one attached hydrogen (secondary N) is 1. The summed E-state index contributed by atoms with van der Waals surface area (Å²) < 4.78 is 39.5. The Balaban J connectivity index is 1.27. The Kier molecular flexibility index (Phi) is 5.64. The maximum atomic E-state index is 13.2. The highest BCUT2D eigenvalue weighted by Gasteiger charge is 2.48. The highest BCUT2D eigenvalue weighted by atomic mass is 32.1. The number of thiophene rings is 1. The summed E-state index contributed by atoms with van der Waals surface area (Å²) in [4.78, 5) is 24.8. The van der Waals surface area contributed by atoms with Gasteiger partial charge in [0.25, 0.3) is 5.91 Å². The molecule has 1 aliphatic heterocycles. The molecule has 180 valence electrons. The number of carbonyl (C=O) groups excluding carboxylic acids is 1. The van der Waals surface area contributed by atoms with E-state index in [1.165, 1.54) is 11.3 Å². The number of halogens is 3. The summed E-state index contributed by atoms with van der Waals surface area (Å²) in [6.45, 7) is 1.83. The number of nitrogens with zero attached hydrogens (tertiary/aromatic N) is 3. The molecular formula is C23H25F3N6OS. The van der Waals surface area contributed by atoms with Crippen molar-refractivity contribution in [2.24, 2.45) is 11.7 Å². The maximum Gasteiger partial charge on any atom is 0.395 e. The lowest BCUT2D eigenvalue weighted by molar-refractivity contribution is -0.171. The van der Waals surface area contributed by atoms with Gasteiger partial charge in [-0.05, 0) is 49.9 Å². The molecule has 11 heteroatoms. The van der Waals surface area contributed by atoms with E-state index in [1.54, 1.807) is 11.0 Å². The second-order valence-electron chi connectivity index (χ2n) is 9.06. The number of nitrogen functional groups attached to an aromatic ring is 1. The van der Waals surface area contributed by atoms with Gasteiger partial charge in [-0.25, -0.2) is 9.97 Å². The standard InChI is InChI=1S/C23H25F3N6OS/c1-11-2-5-14-19(28)20(34-22(14)29-11)21(33)30-13-4-6-17-12(8-13)3-7-18(31-17)32-9-15(16(27)10-32)23(24,25)26/h2-3,5,7,13,15-16H,4,6,8-10,27-28H2,1H3,(H,30,33)/t13-,15?,16-/m0/s1. The van der Waals surface area contributed by atoms with Gasteiger partial charge in [-0.3, -0.25) is 4.79 Å². The maximum absolute atomic E-state index is 13.2. The van der Waals surface area contributed by atoms with Gasteiger partial charge in [0.2, 0.25) is 0 Å². The van der Waals surface area contributed by atoms with Crippen LogP contribution < -0.4 is 21.7 Å². The van der Waals surface area contributed by atoms with Crippen LogP contribution in [0, 0.1) is 12.8 Å². The van der Waals surface area contributed by atoms with Crippen molar-refractivity contribution in [2.75, 3.05) is 23.7 Å². The molecule has 34 heavy (non-hydrogen) atoms. The van der Waals surface area contributed by atoms with E-state index in [-0.39, 0.29) is 25.0 Å². The van der Waals surface area contributed by atoms with Crippen molar-refractivity contribution in [2.45, 2.75) is 44.4 Å². The molecule has 1 unspecified atom stereocenters. The van der Waals surface area contributed by atoms with E-state index >= 15 is 0 Å². The van der Waals surface area contributed by atoms with Crippen molar-refractivity contribution >= 4 is 39.0 Å². The van der Waals surface area contributed by atoms with Gasteiger partial charge in [-0.2, -0.15) is 13.2 Å². The average Bonchev–Trinajstić information content (AvgIpc) is 3.33. The van der Waals surface area contributed by atoms with Crippen molar-refractivity contribution in [3.05, 3.63) is 46.1 Å². The largest absolute Gasteiger partial charge is 0.397 e. The number of hydrogen-bond donors (Lipinski definition) is 3. The molecule has 0 aromatic carbocycles. The summed E-state index contributed by atoms with van der Waals surface area (Å²) in [6.07, 6.45) is -2.41. The zero-order valence-electron chi connectivity index (χ0n) is 18.5. The van der Waals surface area contributed by atoms with Crippen LogP contribution in [0.3, 0.4) is 0 Å². The molecule has 0 radical (unpaired) electrons. The van der Waals surface area contributed by atoms with Crippen LogP contribution in [-0.4, -0.2) is 47.2 Å². The highest BCUT2D eigenvalue weighted by Crippen LogP contribution is 2.36. The van der Waals surface area contributed by atoms with Gasteiger partial charge in [0, 0.05) is 41.9 Å². The number of nitrogens with two attached hydrogens (primary N) is 2.